The fraction of sp³-hybridized carbons (Fsp3) is 0.238. The highest BCUT2D eigenvalue weighted by Crippen LogP contribution is 2.33. The molecule has 2 aromatic carbocycles. The first-order valence-electron chi connectivity index (χ1n) is 9.28. The number of fused-ring (bicyclic) bond motifs is 1. The molecule has 0 saturated heterocycles. The number of halogens is 1. The standard InChI is InChI=1S/C21H20IN3O6/c1-12(2)31-18(26)11-30-19-15(22)8-13(9-17(19)29-3)10-23-25-20(27)14-6-4-5-7-16(14)24-21(25)28/h4-10,12H,11H2,1-3H3,(H,24,28). The average molecular weight is 537 g/mol. The molecule has 10 heteroatoms. The predicted octanol–water partition coefficient (Wildman–Crippen LogP) is 2.52. The van der Waals surface area contributed by atoms with Crippen molar-refractivity contribution in [3.63, 3.8) is 0 Å². The maximum absolute atomic E-state index is 12.6. The second-order valence-corrected chi connectivity index (χ2v) is 7.86. The lowest BCUT2D eigenvalue weighted by atomic mass is 10.2. The van der Waals surface area contributed by atoms with Gasteiger partial charge in [0.15, 0.2) is 18.1 Å². The molecule has 0 fully saturated rings. The number of hydrogen-bond acceptors (Lipinski definition) is 7. The quantitative estimate of drug-likeness (QED) is 0.282. The van der Waals surface area contributed by atoms with Crippen molar-refractivity contribution >= 4 is 45.7 Å². The van der Waals surface area contributed by atoms with E-state index in [9.17, 15) is 14.4 Å². The van der Waals surface area contributed by atoms with E-state index in [-0.39, 0.29) is 12.7 Å². The molecule has 0 aliphatic rings. The number of H-pyrrole nitrogens is 1. The van der Waals surface area contributed by atoms with E-state index < -0.39 is 17.2 Å². The Balaban J connectivity index is 1.89. The molecule has 162 valence electrons. The van der Waals surface area contributed by atoms with Crippen LogP contribution in [-0.4, -0.2) is 41.7 Å². The van der Waals surface area contributed by atoms with Gasteiger partial charge in [-0.3, -0.25) is 4.79 Å². The summed E-state index contributed by atoms with van der Waals surface area (Å²) in [5, 5.41) is 4.39. The molecular formula is C21H20IN3O6. The van der Waals surface area contributed by atoms with Gasteiger partial charge in [-0.2, -0.15) is 5.10 Å². The number of carbonyl (C=O) groups is 1. The smallest absolute Gasteiger partial charge is 0.349 e. The van der Waals surface area contributed by atoms with E-state index in [1.54, 1.807) is 50.2 Å². The molecule has 0 unspecified atom stereocenters. The summed E-state index contributed by atoms with van der Waals surface area (Å²) in [6.45, 7) is 3.24. The summed E-state index contributed by atoms with van der Waals surface area (Å²) < 4.78 is 17.4. The maximum atomic E-state index is 12.6. The van der Waals surface area contributed by atoms with Gasteiger partial charge >= 0.3 is 11.7 Å². The molecule has 0 bridgehead atoms. The van der Waals surface area contributed by atoms with Crippen LogP contribution in [0.2, 0.25) is 0 Å². The fourth-order valence-corrected chi connectivity index (χ4v) is 3.55. The van der Waals surface area contributed by atoms with E-state index in [4.69, 9.17) is 14.2 Å². The van der Waals surface area contributed by atoms with Crippen molar-refractivity contribution in [3.8, 4) is 11.5 Å². The Bertz CT molecular complexity index is 1260. The van der Waals surface area contributed by atoms with Crippen LogP contribution in [0, 0.1) is 3.57 Å². The number of aromatic amines is 1. The van der Waals surface area contributed by atoms with Crippen molar-refractivity contribution in [2.45, 2.75) is 20.0 Å². The Morgan fingerprint density at radius 2 is 2.00 bits per heavy atom. The normalized spacial score (nSPS) is 11.3. The fourth-order valence-electron chi connectivity index (χ4n) is 2.76. The SMILES string of the molecule is COc1cc(C=Nn2c(=O)[nH]c3ccccc3c2=O)cc(I)c1OCC(=O)OC(C)C. The molecular weight excluding hydrogens is 517 g/mol. The highest BCUT2D eigenvalue weighted by atomic mass is 127. The van der Waals surface area contributed by atoms with Gasteiger partial charge in [-0.15, -0.1) is 4.68 Å². The molecule has 0 aliphatic heterocycles. The zero-order valence-electron chi connectivity index (χ0n) is 17.0. The lowest BCUT2D eigenvalue weighted by molar-refractivity contribution is -0.149. The van der Waals surface area contributed by atoms with Crippen molar-refractivity contribution in [3.05, 3.63) is 66.4 Å². The van der Waals surface area contributed by atoms with Gasteiger partial charge in [-0.1, -0.05) is 12.1 Å². The van der Waals surface area contributed by atoms with E-state index in [2.05, 4.69) is 10.1 Å². The van der Waals surface area contributed by atoms with Crippen LogP contribution in [0.3, 0.4) is 0 Å². The van der Waals surface area contributed by atoms with Gasteiger partial charge in [-0.05, 0) is 66.3 Å². The second-order valence-electron chi connectivity index (χ2n) is 6.70. The summed E-state index contributed by atoms with van der Waals surface area (Å²) in [4.78, 5) is 39.2. The highest BCUT2D eigenvalue weighted by molar-refractivity contribution is 14.1. The minimum absolute atomic E-state index is 0.239. The zero-order chi connectivity index (χ0) is 22.5. The van der Waals surface area contributed by atoms with Gasteiger partial charge in [0.1, 0.15) is 0 Å². The van der Waals surface area contributed by atoms with Crippen molar-refractivity contribution in [2.24, 2.45) is 5.10 Å². The van der Waals surface area contributed by atoms with E-state index in [0.717, 1.165) is 4.68 Å². The van der Waals surface area contributed by atoms with Crippen molar-refractivity contribution in [1.82, 2.24) is 9.66 Å². The zero-order valence-corrected chi connectivity index (χ0v) is 19.2. The molecule has 1 aromatic heterocycles. The Labute approximate surface area is 190 Å². The molecule has 0 radical (unpaired) electrons. The number of rotatable bonds is 7. The van der Waals surface area contributed by atoms with Gasteiger partial charge in [0, 0.05) is 0 Å². The number of aromatic nitrogens is 2. The van der Waals surface area contributed by atoms with Crippen LogP contribution in [0.4, 0.5) is 0 Å². The molecule has 31 heavy (non-hydrogen) atoms. The van der Waals surface area contributed by atoms with Crippen molar-refractivity contribution in [1.29, 1.82) is 0 Å². The Morgan fingerprint density at radius 3 is 2.71 bits per heavy atom. The number of benzene rings is 2. The van der Waals surface area contributed by atoms with Gasteiger partial charge in [0.25, 0.3) is 5.56 Å². The number of para-hydroxylation sites is 1. The summed E-state index contributed by atoms with van der Waals surface area (Å²) in [5.41, 5.74) is -0.165. The van der Waals surface area contributed by atoms with Gasteiger partial charge in [0.2, 0.25) is 0 Å². The lowest BCUT2D eigenvalue weighted by Gasteiger charge is -2.14. The van der Waals surface area contributed by atoms with Crippen LogP contribution in [-0.2, 0) is 9.53 Å². The van der Waals surface area contributed by atoms with Gasteiger partial charge in [-0.25, -0.2) is 9.59 Å². The molecule has 3 aromatic rings. The van der Waals surface area contributed by atoms with E-state index in [0.29, 0.717) is 31.5 Å². The maximum Gasteiger partial charge on any atom is 0.349 e. The lowest BCUT2D eigenvalue weighted by Crippen LogP contribution is -2.32. The van der Waals surface area contributed by atoms with Crippen LogP contribution < -0.4 is 20.7 Å². The molecule has 0 atom stereocenters. The summed E-state index contributed by atoms with van der Waals surface area (Å²) in [7, 11) is 1.46. The topological polar surface area (TPSA) is 112 Å². The molecule has 1 heterocycles. The Morgan fingerprint density at radius 1 is 1.26 bits per heavy atom. The Kier molecular flexibility index (Phi) is 7.10. The number of nitrogens with zero attached hydrogens (tertiary/aromatic N) is 2. The van der Waals surface area contributed by atoms with Crippen LogP contribution in [0.15, 0.2) is 51.1 Å². The molecule has 0 saturated carbocycles. The third-order valence-corrected chi connectivity index (χ3v) is 4.86. The van der Waals surface area contributed by atoms with E-state index in [1.165, 1.54) is 13.3 Å². The van der Waals surface area contributed by atoms with Crippen LogP contribution >= 0.6 is 22.6 Å². The van der Waals surface area contributed by atoms with Crippen LogP contribution in [0.5, 0.6) is 11.5 Å². The van der Waals surface area contributed by atoms with Gasteiger partial charge < -0.3 is 19.2 Å². The summed E-state index contributed by atoms with van der Waals surface area (Å²) in [6, 6.07) is 10.0. The van der Waals surface area contributed by atoms with E-state index >= 15 is 0 Å². The second kappa shape index (κ2) is 9.77. The number of nitrogens with one attached hydrogen (secondary N) is 1. The number of ether oxygens (including phenoxy) is 3. The first kappa shape index (κ1) is 22.5. The molecule has 0 amide bonds. The third kappa shape index (κ3) is 5.32. The summed E-state index contributed by atoms with van der Waals surface area (Å²) in [5.74, 6) is 0.250. The summed E-state index contributed by atoms with van der Waals surface area (Å²) >= 11 is 2.03. The highest BCUT2D eigenvalue weighted by Gasteiger charge is 2.14. The molecule has 3 rings (SSSR count). The van der Waals surface area contributed by atoms with Crippen LogP contribution in [0.1, 0.15) is 19.4 Å². The van der Waals surface area contributed by atoms with Crippen LogP contribution in [0.25, 0.3) is 10.9 Å². The minimum Gasteiger partial charge on any atom is -0.493 e. The minimum atomic E-state index is -0.648. The van der Waals surface area contributed by atoms with Crippen molar-refractivity contribution < 1.29 is 19.0 Å². The number of hydrogen-bond donors (Lipinski definition) is 1. The first-order chi connectivity index (χ1) is 14.8. The monoisotopic (exact) mass is 537 g/mol. The Hall–Kier alpha value is -3.15. The average Bonchev–Trinajstić information content (AvgIpc) is 2.71. The number of methoxy groups -OCH3 is 1. The predicted molar refractivity (Wildman–Crippen MR) is 124 cm³/mol. The largest absolute Gasteiger partial charge is 0.493 e. The summed E-state index contributed by atoms with van der Waals surface area (Å²) in [6.07, 6.45) is 1.13. The van der Waals surface area contributed by atoms with E-state index in [1.807, 2.05) is 22.6 Å². The molecule has 9 nitrogen and oxygen atoms in total. The number of carbonyl (C=O) groups excluding carboxylic acids is 1. The molecule has 0 aliphatic carbocycles. The van der Waals surface area contributed by atoms with Crippen molar-refractivity contribution in [2.75, 3.05) is 13.7 Å². The molecule has 1 N–H and O–H groups in total. The third-order valence-electron chi connectivity index (χ3n) is 4.06. The molecule has 0 spiro atoms. The van der Waals surface area contributed by atoms with Gasteiger partial charge in [0.05, 0.1) is 33.9 Å². The number of esters is 1. The first-order valence-corrected chi connectivity index (χ1v) is 10.4.